The Bertz CT molecular complexity index is 1260. The first-order valence-electron chi connectivity index (χ1n) is 14.6. The van der Waals surface area contributed by atoms with Crippen LogP contribution in [0.4, 0.5) is 11.5 Å². The van der Waals surface area contributed by atoms with Gasteiger partial charge in [-0.2, -0.15) is 5.10 Å². The van der Waals surface area contributed by atoms with Gasteiger partial charge in [-0.1, -0.05) is 19.8 Å². The predicted molar refractivity (Wildman–Crippen MR) is 147 cm³/mol. The van der Waals surface area contributed by atoms with Crippen LogP contribution in [0.2, 0.25) is 0 Å². The van der Waals surface area contributed by atoms with E-state index in [9.17, 15) is 14.4 Å². The number of carbonyl (C=O) groups excluding carboxylic acids is 3. The van der Waals surface area contributed by atoms with Gasteiger partial charge in [0, 0.05) is 50.5 Å². The number of nitrogens with zero attached hydrogens (tertiary/aromatic N) is 3. The molecule has 2 saturated heterocycles. The number of hydrogen-bond acceptors (Lipinski definition) is 7. The van der Waals surface area contributed by atoms with Crippen molar-refractivity contribution in [2.24, 2.45) is 11.8 Å². The number of aromatic nitrogens is 3. The molecule has 6 rings (SSSR count). The number of rotatable bonds is 6. The molecule has 3 fully saturated rings. The maximum absolute atomic E-state index is 13.7. The van der Waals surface area contributed by atoms with Crippen molar-refractivity contribution in [1.82, 2.24) is 20.1 Å². The molecule has 1 atom stereocenters. The van der Waals surface area contributed by atoms with Crippen LogP contribution in [0.15, 0.2) is 24.5 Å². The summed E-state index contributed by atoms with van der Waals surface area (Å²) >= 11 is 0. The van der Waals surface area contributed by atoms with Crippen LogP contribution in [0.5, 0.6) is 0 Å². The second kappa shape index (κ2) is 11.3. The number of pyridine rings is 1. The Morgan fingerprint density at radius 2 is 1.80 bits per heavy atom. The number of amides is 3. The predicted octanol–water partition coefficient (Wildman–Crippen LogP) is 3.19. The average molecular weight is 551 g/mol. The van der Waals surface area contributed by atoms with Crippen LogP contribution in [0, 0.1) is 11.8 Å². The molecule has 2 aromatic heterocycles. The van der Waals surface area contributed by atoms with Gasteiger partial charge in [0.25, 0.3) is 5.91 Å². The first-order chi connectivity index (χ1) is 19.4. The fraction of sp³-hybridized carbons (Fsp3) is 0.621. The van der Waals surface area contributed by atoms with Gasteiger partial charge in [0.15, 0.2) is 0 Å². The molecule has 3 N–H and O–H groups in total. The monoisotopic (exact) mass is 550 g/mol. The number of carbonyl (C=O) groups is 3. The Balaban J connectivity index is 1.21. The molecule has 11 nitrogen and oxygen atoms in total. The first-order valence-corrected chi connectivity index (χ1v) is 14.6. The lowest BCUT2D eigenvalue weighted by molar-refractivity contribution is -0.124. The highest BCUT2D eigenvalue weighted by molar-refractivity contribution is 6.07. The highest BCUT2D eigenvalue weighted by Gasteiger charge is 2.48. The third-order valence-corrected chi connectivity index (χ3v) is 9.24. The Labute approximate surface area is 233 Å². The molecule has 0 aromatic carbocycles. The van der Waals surface area contributed by atoms with E-state index in [-0.39, 0.29) is 29.7 Å². The van der Waals surface area contributed by atoms with Gasteiger partial charge >= 0.3 is 0 Å². The van der Waals surface area contributed by atoms with E-state index >= 15 is 0 Å². The lowest BCUT2D eigenvalue weighted by Gasteiger charge is -2.32. The van der Waals surface area contributed by atoms with Crippen molar-refractivity contribution in [3.63, 3.8) is 0 Å². The third-order valence-electron chi connectivity index (χ3n) is 9.24. The minimum absolute atomic E-state index is 0.0132. The zero-order valence-corrected chi connectivity index (χ0v) is 23.0. The summed E-state index contributed by atoms with van der Waals surface area (Å²) in [5.41, 5.74) is 1.36. The van der Waals surface area contributed by atoms with Crippen molar-refractivity contribution in [3.05, 3.63) is 35.8 Å². The highest BCUT2D eigenvalue weighted by Crippen LogP contribution is 2.44. The number of hydrogen-bond donors (Lipinski definition) is 3. The molecular formula is C29H38N6O5. The van der Waals surface area contributed by atoms with Crippen LogP contribution in [-0.4, -0.2) is 65.0 Å². The van der Waals surface area contributed by atoms with Crippen molar-refractivity contribution in [2.45, 2.75) is 75.8 Å². The first kappa shape index (κ1) is 26.9. The van der Waals surface area contributed by atoms with Gasteiger partial charge in [-0.25, -0.2) is 4.98 Å². The highest BCUT2D eigenvalue weighted by atomic mass is 16.5. The van der Waals surface area contributed by atoms with Gasteiger partial charge in [0.2, 0.25) is 11.8 Å². The third kappa shape index (κ3) is 5.12. The SMILES string of the molecule is CC1CCC([C@H](NC(=O)c2ccnn2C2CCOCC2)C(=O)Nc2cc3c(cn2)C2(CCOCC2)C(=O)N3)CC1. The Morgan fingerprint density at radius 3 is 2.55 bits per heavy atom. The van der Waals surface area contributed by atoms with E-state index in [0.717, 1.165) is 44.1 Å². The van der Waals surface area contributed by atoms with E-state index in [1.807, 2.05) is 0 Å². The van der Waals surface area contributed by atoms with Crippen LogP contribution in [0.25, 0.3) is 0 Å². The molecule has 4 aliphatic rings. The summed E-state index contributed by atoms with van der Waals surface area (Å²) in [5, 5.41) is 13.4. The van der Waals surface area contributed by atoms with Gasteiger partial charge in [-0.3, -0.25) is 19.1 Å². The summed E-state index contributed by atoms with van der Waals surface area (Å²) in [6.45, 7) is 4.56. The lowest BCUT2D eigenvalue weighted by atomic mass is 9.76. The standard InChI is InChI=1S/C29H38N6O5/c1-18-2-4-19(5-3-18)25(34-26(36)23-6-11-31-35(23)20-7-12-39-13-8-20)27(37)33-24-16-22-21(17-30-24)29(28(38)32-22)9-14-40-15-10-29/h6,11,16-20,25H,2-5,7-10,12-15H2,1H3,(H,32,38)(H,34,36)(H,30,33,37)/t18?,19?,25-/m0/s1. The smallest absolute Gasteiger partial charge is 0.270 e. The summed E-state index contributed by atoms with van der Waals surface area (Å²) < 4.78 is 12.7. The molecule has 3 amide bonds. The van der Waals surface area contributed by atoms with Crippen LogP contribution < -0.4 is 16.0 Å². The van der Waals surface area contributed by atoms with Crippen molar-refractivity contribution in [1.29, 1.82) is 0 Å². The van der Waals surface area contributed by atoms with Gasteiger partial charge in [0.1, 0.15) is 17.6 Å². The van der Waals surface area contributed by atoms with Gasteiger partial charge in [-0.15, -0.1) is 0 Å². The number of anilines is 2. The molecule has 1 aliphatic carbocycles. The average Bonchev–Trinajstić information content (AvgIpc) is 3.56. The lowest BCUT2D eigenvalue weighted by Crippen LogP contribution is -2.50. The number of nitrogens with one attached hydrogen (secondary N) is 3. The van der Waals surface area contributed by atoms with Crippen LogP contribution in [0.3, 0.4) is 0 Å². The van der Waals surface area contributed by atoms with Crippen molar-refractivity contribution in [2.75, 3.05) is 37.1 Å². The maximum Gasteiger partial charge on any atom is 0.270 e. The molecule has 0 bridgehead atoms. The molecule has 1 saturated carbocycles. The zero-order chi connectivity index (χ0) is 27.7. The molecule has 1 spiro atoms. The minimum atomic E-state index is -0.718. The molecule has 5 heterocycles. The molecule has 3 aliphatic heterocycles. The summed E-state index contributed by atoms with van der Waals surface area (Å²) in [6, 6.07) is 2.80. The summed E-state index contributed by atoms with van der Waals surface area (Å²) in [5.74, 6) is 0.313. The van der Waals surface area contributed by atoms with E-state index in [2.05, 4.69) is 33.0 Å². The number of fused-ring (bicyclic) bond motifs is 2. The van der Waals surface area contributed by atoms with Gasteiger partial charge in [0.05, 0.1) is 17.1 Å². The fourth-order valence-corrected chi connectivity index (χ4v) is 6.74. The molecule has 214 valence electrons. The van der Waals surface area contributed by atoms with E-state index in [1.54, 1.807) is 29.2 Å². The second-order valence-corrected chi connectivity index (χ2v) is 11.7. The summed E-state index contributed by atoms with van der Waals surface area (Å²) in [7, 11) is 0. The Morgan fingerprint density at radius 1 is 1.07 bits per heavy atom. The van der Waals surface area contributed by atoms with Crippen molar-refractivity contribution in [3.8, 4) is 0 Å². The molecule has 0 radical (unpaired) electrons. The van der Waals surface area contributed by atoms with Crippen molar-refractivity contribution < 1.29 is 23.9 Å². The summed E-state index contributed by atoms with van der Waals surface area (Å²) in [6.07, 6.45) is 9.87. The van der Waals surface area contributed by atoms with Gasteiger partial charge < -0.3 is 25.4 Å². The normalized spacial score (nSPS) is 25.2. The maximum atomic E-state index is 13.7. The molecule has 40 heavy (non-hydrogen) atoms. The molecule has 11 heteroatoms. The number of ether oxygens (including phenoxy) is 2. The van der Waals surface area contributed by atoms with E-state index in [4.69, 9.17) is 9.47 Å². The van der Waals surface area contributed by atoms with Crippen LogP contribution in [-0.2, 0) is 24.5 Å². The van der Waals surface area contributed by atoms with Crippen LogP contribution in [0.1, 0.15) is 80.4 Å². The topological polar surface area (TPSA) is 136 Å². The quantitative estimate of drug-likeness (QED) is 0.502. The van der Waals surface area contributed by atoms with E-state index in [0.29, 0.717) is 62.4 Å². The Hall–Kier alpha value is -3.31. The molecule has 0 unspecified atom stereocenters. The van der Waals surface area contributed by atoms with E-state index in [1.165, 1.54) is 0 Å². The zero-order valence-electron chi connectivity index (χ0n) is 23.0. The summed E-state index contributed by atoms with van der Waals surface area (Å²) in [4.78, 5) is 44.7. The van der Waals surface area contributed by atoms with E-state index < -0.39 is 11.5 Å². The largest absolute Gasteiger partial charge is 0.381 e. The molecular weight excluding hydrogens is 512 g/mol. The van der Waals surface area contributed by atoms with Gasteiger partial charge in [-0.05, 0) is 56.4 Å². The fourth-order valence-electron chi connectivity index (χ4n) is 6.74. The second-order valence-electron chi connectivity index (χ2n) is 11.7. The molecule has 2 aromatic rings. The Kier molecular flexibility index (Phi) is 7.59. The van der Waals surface area contributed by atoms with Crippen LogP contribution >= 0.6 is 0 Å². The van der Waals surface area contributed by atoms with Crippen molar-refractivity contribution >= 4 is 29.2 Å². The minimum Gasteiger partial charge on any atom is -0.381 e.